The quantitative estimate of drug-likeness (QED) is 0.424. The van der Waals surface area contributed by atoms with Crippen LogP contribution in [0.5, 0.6) is 0 Å². The second kappa shape index (κ2) is 26.4. The Balaban J connectivity index is 0.000000617. The summed E-state index contributed by atoms with van der Waals surface area (Å²) in [6, 6.07) is 4.44. The van der Waals surface area contributed by atoms with E-state index in [1.54, 1.807) is 0 Å². The fraction of sp³-hybridized carbons (Fsp3) is 1.00. The molecule has 5 aliphatic heterocycles. The third-order valence-electron chi connectivity index (χ3n) is 10.8. The van der Waals surface area contributed by atoms with Gasteiger partial charge in [0, 0.05) is 128 Å². The number of hydrogen-bond acceptors (Lipinski definition) is 9. The molecule has 0 amide bonds. The van der Waals surface area contributed by atoms with Gasteiger partial charge in [-0.15, -0.1) is 0 Å². The Morgan fingerprint density at radius 1 is 0.438 bits per heavy atom. The number of likely N-dealkylation sites (tertiary alicyclic amines) is 1. The second-order valence-corrected chi connectivity index (χ2v) is 15.6. The Morgan fingerprint density at radius 2 is 0.750 bits per heavy atom. The Bertz CT molecular complexity index is 699. The van der Waals surface area contributed by atoms with E-state index in [0.717, 1.165) is 75.6 Å². The number of ether oxygens (including phenoxy) is 1. The van der Waals surface area contributed by atoms with E-state index in [1.165, 1.54) is 91.4 Å². The highest BCUT2D eigenvalue weighted by molar-refractivity contribution is 4.82. The molecule has 5 saturated heterocycles. The SMILES string of the molecule is C.C.CC(C)N1CCC(N2CCOCC2)CC1.CC(C)N1CCN(C(C)C)CC1.CC(C)N1CCN(C)CC1.CC(C)N1CCNCC1. The molecule has 48 heavy (non-hydrogen) atoms. The highest BCUT2D eigenvalue weighted by Gasteiger charge is 2.26. The van der Waals surface area contributed by atoms with Gasteiger partial charge in [0.15, 0.2) is 0 Å². The molecule has 0 bridgehead atoms. The van der Waals surface area contributed by atoms with Crippen molar-refractivity contribution in [3.05, 3.63) is 0 Å². The molecule has 1 N–H and O–H groups in total. The normalized spacial score (nSPS) is 23.5. The molecule has 5 heterocycles. The molecular formula is C39H88N8O. The molecule has 0 unspecified atom stereocenters. The van der Waals surface area contributed by atoms with Crippen molar-refractivity contribution in [2.24, 2.45) is 0 Å². The van der Waals surface area contributed by atoms with Crippen LogP contribution in [0.2, 0.25) is 0 Å². The van der Waals surface area contributed by atoms with Gasteiger partial charge in [-0.3, -0.25) is 24.5 Å². The molecule has 0 aromatic carbocycles. The van der Waals surface area contributed by atoms with Crippen molar-refractivity contribution in [1.82, 2.24) is 39.6 Å². The molecule has 290 valence electrons. The highest BCUT2D eigenvalue weighted by atomic mass is 16.5. The molecule has 0 radical (unpaired) electrons. The van der Waals surface area contributed by atoms with Crippen molar-refractivity contribution in [2.45, 2.75) is 133 Å². The Kier molecular flexibility index (Phi) is 26.2. The molecule has 0 spiro atoms. The summed E-state index contributed by atoms with van der Waals surface area (Å²) in [6.07, 6.45) is 2.69. The van der Waals surface area contributed by atoms with Gasteiger partial charge in [-0.2, -0.15) is 0 Å². The largest absolute Gasteiger partial charge is 0.379 e. The van der Waals surface area contributed by atoms with E-state index in [9.17, 15) is 0 Å². The van der Waals surface area contributed by atoms with Crippen LogP contribution in [0.3, 0.4) is 0 Å². The summed E-state index contributed by atoms with van der Waals surface area (Å²) in [5.74, 6) is 0. The van der Waals surface area contributed by atoms with Crippen LogP contribution in [0.15, 0.2) is 0 Å². The molecule has 0 aliphatic carbocycles. The number of nitrogens with one attached hydrogen (secondary N) is 1. The minimum Gasteiger partial charge on any atom is -0.379 e. The fourth-order valence-corrected chi connectivity index (χ4v) is 7.02. The van der Waals surface area contributed by atoms with Crippen LogP contribution in [0, 0.1) is 0 Å². The summed E-state index contributed by atoms with van der Waals surface area (Å²) in [6.45, 7) is 44.2. The van der Waals surface area contributed by atoms with E-state index in [4.69, 9.17) is 4.74 Å². The van der Waals surface area contributed by atoms with Crippen molar-refractivity contribution in [1.29, 1.82) is 0 Å². The average Bonchev–Trinajstić information content (AvgIpc) is 3.06. The van der Waals surface area contributed by atoms with Gasteiger partial charge in [-0.1, -0.05) is 14.9 Å². The van der Waals surface area contributed by atoms with E-state index in [2.05, 4.69) is 116 Å². The first-order valence-corrected chi connectivity index (χ1v) is 19.3. The minimum atomic E-state index is 0. The summed E-state index contributed by atoms with van der Waals surface area (Å²) < 4.78 is 5.40. The van der Waals surface area contributed by atoms with E-state index in [0.29, 0.717) is 0 Å². The predicted octanol–water partition coefficient (Wildman–Crippen LogP) is 4.83. The number of likely N-dealkylation sites (N-methyl/N-ethyl adjacent to an activating group) is 1. The Hall–Kier alpha value is -0.360. The van der Waals surface area contributed by atoms with Crippen molar-refractivity contribution in [3.8, 4) is 0 Å². The zero-order valence-electron chi connectivity index (χ0n) is 32.6. The van der Waals surface area contributed by atoms with Crippen LogP contribution < -0.4 is 5.32 Å². The van der Waals surface area contributed by atoms with Crippen molar-refractivity contribution >= 4 is 0 Å². The molecule has 5 rings (SSSR count). The first-order chi connectivity index (χ1) is 21.9. The lowest BCUT2D eigenvalue weighted by Crippen LogP contribution is -2.50. The number of hydrogen-bond donors (Lipinski definition) is 1. The van der Waals surface area contributed by atoms with Gasteiger partial charge in [-0.25, -0.2) is 0 Å². The van der Waals surface area contributed by atoms with Gasteiger partial charge < -0.3 is 19.9 Å². The highest BCUT2D eigenvalue weighted by Crippen LogP contribution is 2.19. The van der Waals surface area contributed by atoms with Crippen LogP contribution in [0.25, 0.3) is 0 Å². The van der Waals surface area contributed by atoms with Gasteiger partial charge in [-0.05, 0) is 102 Å². The Morgan fingerprint density at radius 3 is 1.08 bits per heavy atom. The van der Waals surface area contributed by atoms with Crippen LogP contribution >= 0.6 is 0 Å². The summed E-state index contributed by atoms with van der Waals surface area (Å²) in [5.41, 5.74) is 0. The molecular weight excluding hydrogens is 596 g/mol. The van der Waals surface area contributed by atoms with Crippen LogP contribution in [-0.2, 0) is 4.74 Å². The third kappa shape index (κ3) is 18.8. The second-order valence-electron chi connectivity index (χ2n) is 15.6. The van der Waals surface area contributed by atoms with Gasteiger partial charge in [0.2, 0.25) is 0 Å². The first-order valence-electron chi connectivity index (χ1n) is 19.3. The monoisotopic (exact) mass is 685 g/mol. The summed E-state index contributed by atoms with van der Waals surface area (Å²) in [5, 5.41) is 3.33. The molecule has 5 aliphatic rings. The number of piperidine rings is 1. The average molecular weight is 685 g/mol. The zero-order chi connectivity index (χ0) is 34.1. The first kappa shape index (κ1) is 47.6. The number of piperazine rings is 3. The maximum atomic E-state index is 5.40. The van der Waals surface area contributed by atoms with E-state index in [-0.39, 0.29) is 14.9 Å². The summed E-state index contributed by atoms with van der Waals surface area (Å²) >= 11 is 0. The predicted molar refractivity (Wildman–Crippen MR) is 213 cm³/mol. The lowest BCUT2D eigenvalue weighted by atomic mass is 10.0. The molecule has 0 aromatic rings. The molecule has 9 heteroatoms. The number of rotatable bonds is 6. The molecule has 0 atom stereocenters. The van der Waals surface area contributed by atoms with E-state index < -0.39 is 0 Å². The smallest absolute Gasteiger partial charge is 0.0594 e. The van der Waals surface area contributed by atoms with Gasteiger partial charge in [0.1, 0.15) is 0 Å². The zero-order valence-corrected chi connectivity index (χ0v) is 32.6. The molecule has 5 fully saturated rings. The van der Waals surface area contributed by atoms with E-state index in [1.807, 2.05) is 0 Å². The Labute approximate surface area is 302 Å². The van der Waals surface area contributed by atoms with Gasteiger partial charge in [0.05, 0.1) is 13.2 Å². The topological polar surface area (TPSA) is 43.9 Å². The summed E-state index contributed by atoms with van der Waals surface area (Å²) in [4.78, 5) is 17.7. The van der Waals surface area contributed by atoms with Crippen LogP contribution in [0.4, 0.5) is 0 Å². The molecule has 0 saturated carbocycles. The van der Waals surface area contributed by atoms with Crippen molar-refractivity contribution in [3.63, 3.8) is 0 Å². The third-order valence-corrected chi connectivity index (χ3v) is 10.8. The molecule has 0 aromatic heterocycles. The van der Waals surface area contributed by atoms with E-state index >= 15 is 0 Å². The summed E-state index contributed by atoms with van der Waals surface area (Å²) in [7, 11) is 2.19. The lowest BCUT2D eigenvalue weighted by Gasteiger charge is -2.41. The fourth-order valence-electron chi connectivity index (χ4n) is 7.02. The maximum absolute atomic E-state index is 5.40. The minimum absolute atomic E-state index is 0. The standard InChI is InChI=1S/C12H24N2O.C10H22N2.C8H18N2.C7H16N2.2CH4/c1-11(2)13-5-3-12(4-6-13)14-7-9-15-10-8-14;1-9(2)11-5-7-12(8-6-11)10(3)4;1-8(2)10-6-4-9(3)5-7-10;1-7(2)9-5-3-8-4-6-9;;/h11-12H,3-10H2,1-2H3;9-10H,5-8H2,1-4H3;8H,4-7H2,1-3H3;7-8H,3-6H2,1-2H3;2*1H4. The number of nitrogens with zero attached hydrogens (tertiary/aromatic N) is 7. The van der Waals surface area contributed by atoms with Crippen molar-refractivity contribution < 1.29 is 4.74 Å². The van der Waals surface area contributed by atoms with Crippen molar-refractivity contribution in [2.75, 3.05) is 125 Å². The van der Waals surface area contributed by atoms with Gasteiger partial charge >= 0.3 is 0 Å². The van der Waals surface area contributed by atoms with Crippen LogP contribution in [0.1, 0.15) is 96.9 Å². The molecule has 9 nitrogen and oxygen atoms in total. The maximum Gasteiger partial charge on any atom is 0.0594 e. The van der Waals surface area contributed by atoms with Crippen LogP contribution in [-0.4, -0.2) is 196 Å². The number of morpholine rings is 1. The van der Waals surface area contributed by atoms with Gasteiger partial charge in [0.25, 0.3) is 0 Å². The lowest BCUT2D eigenvalue weighted by molar-refractivity contribution is -0.00175.